The number of nitrogens with one attached hydrogen (secondary N) is 1. The maximum absolute atomic E-state index is 14.1. The molecule has 5 aliphatic heterocycles. The molecule has 5 aliphatic rings. The molecule has 13 heteroatoms. The first-order valence-electron chi connectivity index (χ1n) is 23.5. The fourth-order valence-electron chi connectivity index (χ4n) is 10.2. The van der Waals surface area contributed by atoms with E-state index in [4.69, 9.17) is 30.7 Å². The number of carbonyl (C=O) groups is 2. The molecule has 0 unspecified atom stereocenters. The van der Waals surface area contributed by atoms with Crippen molar-refractivity contribution in [1.82, 2.24) is 15.1 Å². The van der Waals surface area contributed by atoms with Crippen molar-refractivity contribution in [2.24, 2.45) is 22.4 Å². The summed E-state index contributed by atoms with van der Waals surface area (Å²) >= 11 is 0. The number of aliphatic hydroxyl groups excluding tert-OH is 1. The lowest BCUT2D eigenvalue weighted by molar-refractivity contribution is -0.243. The second-order valence-electron chi connectivity index (χ2n) is 18.1. The number of rotatable bonds is 25. The highest BCUT2D eigenvalue weighted by atomic mass is 16.6. The fraction of sp³-hybridized carbons (Fsp3) is 0.889. The van der Waals surface area contributed by atoms with Gasteiger partial charge < -0.3 is 51.0 Å². The molecule has 3 saturated heterocycles. The van der Waals surface area contributed by atoms with Crippen molar-refractivity contribution in [3.63, 3.8) is 0 Å². The van der Waals surface area contributed by atoms with Crippen LogP contribution in [0.2, 0.25) is 0 Å². The Kier molecular flexibility index (Phi) is 18.6. The minimum Gasteiger partial charge on any atom is -0.465 e. The van der Waals surface area contributed by atoms with Crippen LogP contribution in [0.25, 0.3) is 0 Å². The van der Waals surface area contributed by atoms with Crippen molar-refractivity contribution in [1.29, 1.82) is 0 Å². The smallest absolute Gasteiger partial charge is 0.318 e. The summed E-state index contributed by atoms with van der Waals surface area (Å²) in [6.45, 7) is 6.41. The summed E-state index contributed by atoms with van der Waals surface area (Å²) in [6.07, 6.45) is 27.1. The predicted molar refractivity (Wildman–Crippen MR) is 227 cm³/mol. The number of nitrogens with two attached hydrogens (primary N) is 2. The number of aliphatic imine (C=N–C) groups is 1. The molecule has 0 saturated carbocycles. The van der Waals surface area contributed by atoms with Crippen LogP contribution < -0.4 is 16.8 Å². The van der Waals surface area contributed by atoms with Gasteiger partial charge in [-0.3, -0.25) is 9.59 Å². The third-order valence-electron chi connectivity index (χ3n) is 13.3. The molecule has 0 radical (unpaired) electrons. The first kappa shape index (κ1) is 46.8. The summed E-state index contributed by atoms with van der Waals surface area (Å²) in [5.41, 5.74) is 8.03. The lowest BCUT2D eigenvalue weighted by Crippen LogP contribution is -2.75. The molecule has 58 heavy (non-hydrogen) atoms. The first-order valence-corrected chi connectivity index (χ1v) is 23.5. The molecule has 13 nitrogen and oxygen atoms in total. The number of esters is 1. The lowest BCUT2D eigenvalue weighted by Gasteiger charge is -2.58. The zero-order chi connectivity index (χ0) is 41.4. The maximum Gasteiger partial charge on any atom is 0.318 e. The monoisotopic (exact) mass is 817 g/mol. The van der Waals surface area contributed by atoms with E-state index in [9.17, 15) is 19.8 Å². The Morgan fingerprint density at radius 3 is 2.31 bits per heavy atom. The third kappa shape index (κ3) is 12.4. The molecule has 8 atom stereocenters. The number of unbranched alkanes of at least 4 members (excludes halogenated alkanes) is 12. The molecule has 7 N–H and O–H groups in total. The highest BCUT2D eigenvalue weighted by Gasteiger charge is 2.69. The molecule has 0 aromatic heterocycles. The van der Waals surface area contributed by atoms with Gasteiger partial charge in [-0.05, 0) is 97.1 Å². The largest absolute Gasteiger partial charge is 0.465 e. The summed E-state index contributed by atoms with van der Waals surface area (Å²) in [5, 5.41) is 26.3. The van der Waals surface area contributed by atoms with E-state index in [2.05, 4.69) is 24.4 Å². The van der Waals surface area contributed by atoms with Crippen LogP contribution in [0.5, 0.6) is 0 Å². The summed E-state index contributed by atoms with van der Waals surface area (Å²) in [6, 6.07) is 0.0149. The van der Waals surface area contributed by atoms with E-state index in [1.807, 2.05) is 11.8 Å². The van der Waals surface area contributed by atoms with E-state index < -0.39 is 35.2 Å². The standard InChI is InChI=1S/C45H80N6O7/c1-3-38-22-16-17-26-43(58-38)33-36-24-28-45(55)40(44(27-19-21-35(2)57-44)49-42(48-43)51(36)45)41(54)56-32-18-14-12-10-8-6-4-5-7-9-11-13-15-23-39(53)50(31-20-29-46)34-37(52)25-30-47/h16,22,35-38,40,52,55H,3-15,17-21,23-34,46-47H2,1-2H3,(H,48,49)/t35-,36+,37-,38+,40-,43+,44-,45+/m0/s1. The Morgan fingerprint density at radius 2 is 1.66 bits per heavy atom. The van der Waals surface area contributed by atoms with Crippen LogP contribution in [0.4, 0.5) is 0 Å². The van der Waals surface area contributed by atoms with Gasteiger partial charge in [0.15, 0.2) is 17.4 Å². The van der Waals surface area contributed by atoms with Gasteiger partial charge in [0.2, 0.25) is 11.9 Å². The molecule has 332 valence electrons. The summed E-state index contributed by atoms with van der Waals surface area (Å²) < 4.78 is 19.3. The van der Waals surface area contributed by atoms with E-state index in [1.54, 1.807) is 4.90 Å². The van der Waals surface area contributed by atoms with Gasteiger partial charge in [0.1, 0.15) is 5.72 Å². The molecule has 0 aromatic rings. The Hall–Kier alpha value is -2.29. The van der Waals surface area contributed by atoms with Crippen LogP contribution in [0.3, 0.4) is 0 Å². The van der Waals surface area contributed by atoms with E-state index in [0.717, 1.165) is 89.9 Å². The van der Waals surface area contributed by atoms with Gasteiger partial charge in [-0.15, -0.1) is 0 Å². The summed E-state index contributed by atoms with van der Waals surface area (Å²) in [5.74, 6) is -0.591. The molecule has 0 aromatic carbocycles. The number of hydrogen-bond donors (Lipinski definition) is 5. The number of ether oxygens (including phenoxy) is 3. The van der Waals surface area contributed by atoms with Crippen molar-refractivity contribution < 1.29 is 34.0 Å². The molecular weight excluding hydrogens is 737 g/mol. The second kappa shape index (κ2) is 23.1. The number of carbonyl (C=O) groups excluding carboxylic acids is 2. The molecular formula is C45H80N6O7. The highest BCUT2D eigenvalue weighted by Crippen LogP contribution is 2.54. The van der Waals surface area contributed by atoms with Gasteiger partial charge in [0.25, 0.3) is 0 Å². The van der Waals surface area contributed by atoms with Crippen molar-refractivity contribution in [2.75, 3.05) is 32.8 Å². The van der Waals surface area contributed by atoms with Crippen molar-refractivity contribution >= 4 is 17.8 Å². The van der Waals surface area contributed by atoms with Gasteiger partial charge in [-0.1, -0.05) is 89.7 Å². The lowest BCUT2D eigenvalue weighted by atomic mass is 9.78. The minimum atomic E-state index is -1.43. The zero-order valence-electron chi connectivity index (χ0n) is 36.2. The number of allylic oxidation sites excluding steroid dienone is 1. The SMILES string of the molecule is CC[C@@H]1C=CCC[C@]2(C[C@H]3CC[C@@]4(O)[C@@H](C(=O)OCCCCCCCCCCCCCCCC(=O)N(CCCN)C[C@@H](O)CCN)[C@@]5(CCC[C@H](C)O5)N=C(N2)N34)O1. The quantitative estimate of drug-likeness (QED) is 0.0405. The second-order valence-corrected chi connectivity index (χ2v) is 18.1. The van der Waals surface area contributed by atoms with Crippen LogP contribution in [-0.2, 0) is 23.8 Å². The van der Waals surface area contributed by atoms with Gasteiger partial charge in [-0.25, -0.2) is 4.99 Å². The highest BCUT2D eigenvalue weighted by molar-refractivity contribution is 5.87. The maximum atomic E-state index is 14.1. The van der Waals surface area contributed by atoms with Gasteiger partial charge in [0, 0.05) is 32.0 Å². The molecule has 3 fully saturated rings. The van der Waals surface area contributed by atoms with Crippen LogP contribution in [0, 0.1) is 5.92 Å². The van der Waals surface area contributed by atoms with Crippen molar-refractivity contribution in [3.8, 4) is 0 Å². The Morgan fingerprint density at radius 1 is 0.966 bits per heavy atom. The third-order valence-corrected chi connectivity index (χ3v) is 13.3. The molecule has 5 rings (SSSR count). The average molecular weight is 817 g/mol. The van der Waals surface area contributed by atoms with E-state index in [-0.39, 0.29) is 24.2 Å². The van der Waals surface area contributed by atoms with Crippen LogP contribution >= 0.6 is 0 Å². The Balaban J connectivity index is 0.964. The number of guanidine groups is 1. The Bertz CT molecular complexity index is 1340. The number of nitrogens with zero attached hydrogens (tertiary/aromatic N) is 3. The fourth-order valence-corrected chi connectivity index (χ4v) is 10.2. The average Bonchev–Trinajstić information content (AvgIpc) is 3.40. The van der Waals surface area contributed by atoms with Gasteiger partial charge in [0.05, 0.1) is 24.9 Å². The number of amides is 1. The first-order chi connectivity index (χ1) is 28.1. The normalized spacial score (nSPS) is 30.8. The van der Waals surface area contributed by atoms with Crippen molar-refractivity contribution in [2.45, 2.75) is 216 Å². The molecule has 5 heterocycles. The van der Waals surface area contributed by atoms with Gasteiger partial charge in [-0.2, -0.15) is 0 Å². The number of hydrogen-bond acceptors (Lipinski definition) is 12. The molecule has 1 amide bonds. The van der Waals surface area contributed by atoms with Crippen molar-refractivity contribution in [3.05, 3.63) is 12.2 Å². The Labute approximate surface area is 349 Å². The van der Waals surface area contributed by atoms with Crippen LogP contribution in [0.15, 0.2) is 17.1 Å². The van der Waals surface area contributed by atoms with Crippen LogP contribution in [0.1, 0.15) is 174 Å². The molecule has 2 spiro atoms. The molecule has 0 bridgehead atoms. The van der Waals surface area contributed by atoms with E-state index in [0.29, 0.717) is 64.4 Å². The number of aliphatic hydroxyl groups is 2. The zero-order valence-corrected chi connectivity index (χ0v) is 36.2. The van der Waals surface area contributed by atoms with E-state index >= 15 is 0 Å². The minimum absolute atomic E-state index is 0.0149. The summed E-state index contributed by atoms with van der Waals surface area (Å²) in [7, 11) is 0. The summed E-state index contributed by atoms with van der Waals surface area (Å²) in [4.78, 5) is 35.8. The van der Waals surface area contributed by atoms with Crippen LogP contribution in [-0.4, -0.2) is 112 Å². The van der Waals surface area contributed by atoms with Gasteiger partial charge >= 0.3 is 5.97 Å². The van der Waals surface area contributed by atoms with E-state index in [1.165, 1.54) is 44.9 Å². The molecule has 0 aliphatic carbocycles. The topological polar surface area (TPSA) is 185 Å². The predicted octanol–water partition coefficient (Wildman–Crippen LogP) is 6.14.